The monoisotopic (exact) mass is 243 g/mol. The van der Waals surface area contributed by atoms with Crippen molar-refractivity contribution in [2.24, 2.45) is 0 Å². The van der Waals surface area contributed by atoms with E-state index >= 15 is 0 Å². The first kappa shape index (κ1) is 12.6. The molecule has 2 rings (SSSR count). The average molecular weight is 243 g/mol. The second-order valence-electron chi connectivity index (χ2n) is 4.22. The Bertz CT molecular complexity index is 511. The van der Waals surface area contributed by atoms with Gasteiger partial charge in [-0.3, -0.25) is 4.98 Å². The van der Waals surface area contributed by atoms with Gasteiger partial charge in [-0.15, -0.1) is 0 Å². The first-order valence-electron chi connectivity index (χ1n) is 6.31. The van der Waals surface area contributed by atoms with Crippen molar-refractivity contribution in [3.05, 3.63) is 36.5 Å². The maximum atomic E-state index is 10.1. The van der Waals surface area contributed by atoms with Crippen molar-refractivity contribution >= 4 is 17.2 Å². The number of aldehydes is 1. The highest BCUT2D eigenvalue weighted by atomic mass is 16.5. The maximum Gasteiger partial charge on any atom is 0.120 e. The summed E-state index contributed by atoms with van der Waals surface area (Å²) in [6.45, 7) is 0.699. The third-order valence-electron chi connectivity index (χ3n) is 2.81. The molecule has 0 aliphatic carbocycles. The molecule has 0 N–H and O–H groups in total. The van der Waals surface area contributed by atoms with Gasteiger partial charge in [0.05, 0.1) is 12.1 Å². The third kappa shape index (κ3) is 3.55. The molecule has 0 aliphatic heterocycles. The molecule has 0 bridgehead atoms. The van der Waals surface area contributed by atoms with Gasteiger partial charge >= 0.3 is 0 Å². The number of ether oxygens (including phenoxy) is 1. The Kier molecular flexibility index (Phi) is 4.70. The summed E-state index contributed by atoms with van der Waals surface area (Å²) in [4.78, 5) is 14.4. The van der Waals surface area contributed by atoms with Crippen LogP contribution in [0.1, 0.15) is 25.7 Å². The Hall–Kier alpha value is -1.90. The molecule has 0 spiro atoms. The zero-order chi connectivity index (χ0) is 12.6. The molecule has 18 heavy (non-hydrogen) atoms. The van der Waals surface area contributed by atoms with E-state index in [1.165, 1.54) is 0 Å². The largest absolute Gasteiger partial charge is 0.494 e. The van der Waals surface area contributed by atoms with Crippen LogP contribution < -0.4 is 4.74 Å². The predicted molar refractivity (Wildman–Crippen MR) is 71.8 cm³/mol. The van der Waals surface area contributed by atoms with E-state index in [4.69, 9.17) is 4.74 Å². The van der Waals surface area contributed by atoms with Crippen molar-refractivity contribution in [3.8, 4) is 5.75 Å². The van der Waals surface area contributed by atoms with Crippen molar-refractivity contribution in [2.75, 3.05) is 6.61 Å². The molecule has 0 saturated heterocycles. The number of hydrogen-bond donors (Lipinski definition) is 0. The fourth-order valence-corrected chi connectivity index (χ4v) is 1.84. The quantitative estimate of drug-likeness (QED) is 0.553. The van der Waals surface area contributed by atoms with Gasteiger partial charge in [0.25, 0.3) is 0 Å². The first-order valence-corrected chi connectivity index (χ1v) is 6.31. The van der Waals surface area contributed by atoms with Crippen LogP contribution in [0, 0.1) is 0 Å². The Labute approximate surface area is 107 Å². The molecule has 0 atom stereocenters. The van der Waals surface area contributed by atoms with Crippen LogP contribution in [0.15, 0.2) is 36.5 Å². The highest BCUT2D eigenvalue weighted by molar-refractivity contribution is 5.79. The minimum Gasteiger partial charge on any atom is -0.494 e. The van der Waals surface area contributed by atoms with Crippen molar-refractivity contribution in [2.45, 2.75) is 25.7 Å². The molecule has 94 valence electrons. The summed E-state index contributed by atoms with van der Waals surface area (Å²) in [6.07, 6.45) is 6.38. The number of rotatable bonds is 7. The molecule has 1 heterocycles. The van der Waals surface area contributed by atoms with E-state index in [1.807, 2.05) is 30.3 Å². The summed E-state index contributed by atoms with van der Waals surface area (Å²) in [5.74, 6) is 0.880. The van der Waals surface area contributed by atoms with Gasteiger partial charge in [0.2, 0.25) is 0 Å². The van der Waals surface area contributed by atoms with Gasteiger partial charge in [-0.25, -0.2) is 0 Å². The van der Waals surface area contributed by atoms with Gasteiger partial charge in [0, 0.05) is 18.0 Å². The molecular formula is C15H17NO2. The molecule has 0 unspecified atom stereocenters. The number of carbonyl (C=O) groups excluding carboxylic acids is 1. The summed E-state index contributed by atoms with van der Waals surface area (Å²) in [5, 5.41) is 1.09. The lowest BCUT2D eigenvalue weighted by Gasteiger charge is -2.06. The van der Waals surface area contributed by atoms with Gasteiger partial charge in [-0.2, -0.15) is 0 Å². The zero-order valence-electron chi connectivity index (χ0n) is 10.3. The number of aromatic nitrogens is 1. The molecule has 0 fully saturated rings. The van der Waals surface area contributed by atoms with Crippen LogP contribution in [-0.4, -0.2) is 17.9 Å². The lowest BCUT2D eigenvalue weighted by Crippen LogP contribution is -1.97. The predicted octanol–water partition coefficient (Wildman–Crippen LogP) is 3.37. The summed E-state index contributed by atoms with van der Waals surface area (Å²) in [7, 11) is 0. The maximum absolute atomic E-state index is 10.1. The molecule has 3 nitrogen and oxygen atoms in total. The zero-order valence-corrected chi connectivity index (χ0v) is 10.3. The normalized spacial score (nSPS) is 10.4. The topological polar surface area (TPSA) is 39.2 Å². The van der Waals surface area contributed by atoms with E-state index < -0.39 is 0 Å². The smallest absolute Gasteiger partial charge is 0.120 e. The van der Waals surface area contributed by atoms with E-state index in [0.29, 0.717) is 13.0 Å². The number of unbranched alkanes of at least 4 members (excludes halogenated alkanes) is 3. The van der Waals surface area contributed by atoms with E-state index in [1.54, 1.807) is 6.20 Å². The number of fused-ring (bicyclic) bond motifs is 1. The third-order valence-corrected chi connectivity index (χ3v) is 2.81. The van der Waals surface area contributed by atoms with Gasteiger partial charge in [0.1, 0.15) is 12.0 Å². The van der Waals surface area contributed by atoms with E-state index in [0.717, 1.165) is 42.2 Å². The molecule has 1 aromatic heterocycles. The number of nitrogens with zero attached hydrogens (tertiary/aromatic N) is 1. The van der Waals surface area contributed by atoms with Gasteiger partial charge in [-0.1, -0.05) is 6.07 Å². The Morgan fingerprint density at radius 1 is 1.17 bits per heavy atom. The van der Waals surface area contributed by atoms with Gasteiger partial charge < -0.3 is 9.53 Å². The number of pyridine rings is 1. The highest BCUT2D eigenvalue weighted by Gasteiger charge is 1.97. The molecule has 0 aliphatic rings. The summed E-state index contributed by atoms with van der Waals surface area (Å²) in [5.41, 5.74) is 0.982. The van der Waals surface area contributed by atoms with Gasteiger partial charge in [-0.05, 0) is 43.5 Å². The second-order valence-corrected chi connectivity index (χ2v) is 4.22. The van der Waals surface area contributed by atoms with Crippen LogP contribution in [0.4, 0.5) is 0 Å². The van der Waals surface area contributed by atoms with E-state index in [9.17, 15) is 4.79 Å². The Morgan fingerprint density at radius 2 is 2.11 bits per heavy atom. The van der Waals surface area contributed by atoms with Gasteiger partial charge in [0.15, 0.2) is 0 Å². The Balaban J connectivity index is 1.82. The highest BCUT2D eigenvalue weighted by Crippen LogP contribution is 2.19. The molecule has 2 aromatic rings. The van der Waals surface area contributed by atoms with Crippen LogP contribution in [0.5, 0.6) is 5.75 Å². The SMILES string of the molecule is O=CCCCCCOc1ccc2ncccc2c1. The van der Waals surface area contributed by atoms with Crippen LogP contribution in [-0.2, 0) is 4.79 Å². The lowest BCUT2D eigenvalue weighted by atomic mass is 10.2. The van der Waals surface area contributed by atoms with E-state index in [2.05, 4.69) is 4.98 Å². The fraction of sp³-hybridized carbons (Fsp3) is 0.333. The van der Waals surface area contributed by atoms with Crippen LogP contribution >= 0.6 is 0 Å². The summed E-state index contributed by atoms with van der Waals surface area (Å²) in [6, 6.07) is 9.87. The van der Waals surface area contributed by atoms with Crippen LogP contribution in [0.25, 0.3) is 10.9 Å². The number of hydrogen-bond acceptors (Lipinski definition) is 3. The second kappa shape index (κ2) is 6.74. The average Bonchev–Trinajstić information content (AvgIpc) is 2.42. The van der Waals surface area contributed by atoms with Crippen LogP contribution in [0.3, 0.4) is 0 Å². The molecule has 0 radical (unpaired) electrons. The molecule has 3 heteroatoms. The standard InChI is InChI=1S/C15H17NO2/c17-10-3-1-2-4-11-18-14-7-8-15-13(12-14)6-5-9-16-15/h5-10,12H,1-4,11H2. The van der Waals surface area contributed by atoms with Crippen molar-refractivity contribution in [3.63, 3.8) is 0 Å². The summed E-state index contributed by atoms with van der Waals surface area (Å²) >= 11 is 0. The first-order chi connectivity index (χ1) is 8.90. The summed E-state index contributed by atoms with van der Waals surface area (Å²) < 4.78 is 5.68. The van der Waals surface area contributed by atoms with Crippen LogP contribution in [0.2, 0.25) is 0 Å². The van der Waals surface area contributed by atoms with Crippen molar-refractivity contribution < 1.29 is 9.53 Å². The minimum absolute atomic E-state index is 0.654. The fourth-order valence-electron chi connectivity index (χ4n) is 1.84. The number of benzene rings is 1. The number of carbonyl (C=O) groups is 1. The molecular weight excluding hydrogens is 226 g/mol. The molecule has 0 amide bonds. The van der Waals surface area contributed by atoms with Crippen molar-refractivity contribution in [1.29, 1.82) is 0 Å². The van der Waals surface area contributed by atoms with Crippen molar-refractivity contribution in [1.82, 2.24) is 4.98 Å². The molecule has 0 saturated carbocycles. The van der Waals surface area contributed by atoms with E-state index in [-0.39, 0.29) is 0 Å². The lowest BCUT2D eigenvalue weighted by molar-refractivity contribution is -0.107. The minimum atomic E-state index is 0.654. The molecule has 1 aromatic carbocycles. The Morgan fingerprint density at radius 3 is 3.00 bits per heavy atom.